The molecule has 0 aromatic carbocycles. The number of nitrogens with zero attached hydrogens (tertiary/aromatic N) is 2. The van der Waals surface area contributed by atoms with Gasteiger partial charge in [0.1, 0.15) is 0 Å². The van der Waals surface area contributed by atoms with E-state index in [-0.39, 0.29) is 6.04 Å². The fourth-order valence-corrected chi connectivity index (χ4v) is 3.20. The van der Waals surface area contributed by atoms with Crippen LogP contribution in [0.15, 0.2) is 0 Å². The van der Waals surface area contributed by atoms with Crippen LogP contribution >= 0.6 is 11.5 Å². The lowest BCUT2D eigenvalue weighted by atomic mass is 10.0. The van der Waals surface area contributed by atoms with Gasteiger partial charge in [-0.25, -0.2) is 0 Å². The average molecular weight is 269 g/mol. The first-order valence-corrected chi connectivity index (χ1v) is 7.77. The Labute approximate surface area is 113 Å². The minimum absolute atomic E-state index is 0.105. The number of nitrogens with two attached hydrogens (primary N) is 1. The molecule has 2 unspecified atom stereocenters. The Morgan fingerprint density at radius 2 is 2.44 bits per heavy atom. The maximum atomic E-state index is 6.24. The third-order valence-corrected chi connectivity index (χ3v) is 4.37. The molecule has 4 nitrogen and oxygen atoms in total. The van der Waals surface area contributed by atoms with Gasteiger partial charge in [-0.15, -0.1) is 5.10 Å². The van der Waals surface area contributed by atoms with Gasteiger partial charge < -0.3 is 10.5 Å². The lowest BCUT2D eigenvalue weighted by Gasteiger charge is -2.12. The van der Waals surface area contributed by atoms with Gasteiger partial charge in [0, 0.05) is 12.6 Å². The molecule has 1 aliphatic heterocycles. The molecule has 1 aliphatic rings. The van der Waals surface area contributed by atoms with Crippen LogP contribution in [0.1, 0.15) is 62.1 Å². The quantitative estimate of drug-likeness (QED) is 0.827. The monoisotopic (exact) mass is 269 g/mol. The fourth-order valence-electron chi connectivity index (χ4n) is 2.48. The van der Waals surface area contributed by atoms with Crippen molar-refractivity contribution in [1.29, 1.82) is 0 Å². The van der Waals surface area contributed by atoms with Gasteiger partial charge in [-0.1, -0.05) is 17.8 Å². The molecular formula is C13H23N3OS. The normalized spacial score (nSPS) is 21.3. The van der Waals surface area contributed by atoms with Crippen LogP contribution < -0.4 is 5.73 Å². The molecule has 0 amide bonds. The molecule has 5 heteroatoms. The zero-order valence-corrected chi connectivity index (χ0v) is 11.9. The Morgan fingerprint density at radius 1 is 1.56 bits per heavy atom. The molecule has 1 aromatic heterocycles. The summed E-state index contributed by atoms with van der Waals surface area (Å²) in [6.45, 7) is 3.10. The first-order valence-electron chi connectivity index (χ1n) is 6.99. The Bertz CT molecular complexity index is 350. The van der Waals surface area contributed by atoms with Crippen LogP contribution in [0.2, 0.25) is 0 Å². The number of aryl methyl sites for hydroxylation is 1. The maximum Gasteiger partial charge on any atom is 0.0803 e. The molecule has 0 saturated carbocycles. The summed E-state index contributed by atoms with van der Waals surface area (Å²) in [5, 5.41) is 4.18. The summed E-state index contributed by atoms with van der Waals surface area (Å²) in [6, 6.07) is 0.105. The Kier molecular flexibility index (Phi) is 5.53. The molecule has 1 saturated heterocycles. The molecule has 2 heterocycles. The molecule has 0 radical (unpaired) electrons. The molecule has 18 heavy (non-hydrogen) atoms. The van der Waals surface area contributed by atoms with E-state index in [9.17, 15) is 0 Å². The minimum Gasteiger partial charge on any atom is -0.378 e. The predicted octanol–water partition coefficient (Wildman–Crippen LogP) is 2.84. The van der Waals surface area contributed by atoms with Crippen molar-refractivity contribution in [2.75, 3.05) is 6.61 Å². The Morgan fingerprint density at radius 3 is 3.17 bits per heavy atom. The summed E-state index contributed by atoms with van der Waals surface area (Å²) in [4.78, 5) is 1.18. The smallest absolute Gasteiger partial charge is 0.0803 e. The van der Waals surface area contributed by atoms with Gasteiger partial charge in [0.15, 0.2) is 0 Å². The summed E-state index contributed by atoms with van der Waals surface area (Å²) in [6.07, 6.45) is 8.30. The highest BCUT2D eigenvalue weighted by Crippen LogP contribution is 2.25. The van der Waals surface area contributed by atoms with Gasteiger partial charge >= 0.3 is 0 Å². The molecule has 0 aliphatic carbocycles. The molecule has 2 atom stereocenters. The molecule has 1 fully saturated rings. The third kappa shape index (κ3) is 3.73. The van der Waals surface area contributed by atoms with E-state index in [2.05, 4.69) is 16.5 Å². The third-order valence-electron chi connectivity index (χ3n) is 3.47. The zero-order chi connectivity index (χ0) is 12.8. The summed E-state index contributed by atoms with van der Waals surface area (Å²) < 4.78 is 9.66. The van der Waals surface area contributed by atoms with Crippen molar-refractivity contribution in [2.24, 2.45) is 5.73 Å². The van der Waals surface area contributed by atoms with Crippen molar-refractivity contribution in [2.45, 2.75) is 64.0 Å². The Balaban J connectivity index is 1.75. The molecule has 0 spiro atoms. The lowest BCUT2D eigenvalue weighted by molar-refractivity contribution is 0.101. The second kappa shape index (κ2) is 7.16. The van der Waals surface area contributed by atoms with Crippen LogP contribution in [-0.4, -0.2) is 22.3 Å². The highest BCUT2D eigenvalue weighted by Gasteiger charge is 2.18. The topological polar surface area (TPSA) is 61.0 Å². The van der Waals surface area contributed by atoms with E-state index in [1.807, 2.05) is 0 Å². The van der Waals surface area contributed by atoms with Crippen LogP contribution in [0.5, 0.6) is 0 Å². The van der Waals surface area contributed by atoms with Gasteiger partial charge in [0.2, 0.25) is 0 Å². The van der Waals surface area contributed by atoms with E-state index in [0.717, 1.165) is 44.4 Å². The first kappa shape index (κ1) is 13.9. The average Bonchev–Trinajstić information content (AvgIpc) is 3.00. The lowest BCUT2D eigenvalue weighted by Crippen LogP contribution is -2.12. The van der Waals surface area contributed by atoms with E-state index in [4.69, 9.17) is 10.5 Å². The predicted molar refractivity (Wildman–Crippen MR) is 73.7 cm³/mol. The highest BCUT2D eigenvalue weighted by molar-refractivity contribution is 7.05. The minimum atomic E-state index is 0.105. The van der Waals surface area contributed by atoms with Gasteiger partial charge in [0.05, 0.1) is 16.7 Å². The van der Waals surface area contributed by atoms with Crippen molar-refractivity contribution in [3.05, 3.63) is 10.6 Å². The van der Waals surface area contributed by atoms with Crippen molar-refractivity contribution >= 4 is 11.5 Å². The fraction of sp³-hybridized carbons (Fsp3) is 0.846. The highest BCUT2D eigenvalue weighted by atomic mass is 32.1. The largest absolute Gasteiger partial charge is 0.378 e. The van der Waals surface area contributed by atoms with Crippen LogP contribution in [0, 0.1) is 0 Å². The van der Waals surface area contributed by atoms with Crippen LogP contribution in [-0.2, 0) is 11.2 Å². The summed E-state index contributed by atoms with van der Waals surface area (Å²) in [5.74, 6) is 0. The van der Waals surface area contributed by atoms with E-state index in [1.165, 1.54) is 29.3 Å². The van der Waals surface area contributed by atoms with Gasteiger partial charge in [-0.2, -0.15) is 0 Å². The second-order valence-corrected chi connectivity index (χ2v) is 5.79. The maximum absolute atomic E-state index is 6.24. The standard InChI is InChI=1S/C13H23N3OS/c1-2-5-12-13(18-16-15-12)11(14)8-3-6-10-7-4-9-17-10/h10-11H,2-9,14H2,1H3. The number of hydrogen-bond acceptors (Lipinski definition) is 5. The van der Waals surface area contributed by atoms with Crippen molar-refractivity contribution in [3.63, 3.8) is 0 Å². The summed E-state index contributed by atoms with van der Waals surface area (Å²) >= 11 is 1.46. The molecule has 0 bridgehead atoms. The molecule has 1 aromatic rings. The van der Waals surface area contributed by atoms with Crippen LogP contribution in [0.3, 0.4) is 0 Å². The molecule has 2 rings (SSSR count). The summed E-state index contributed by atoms with van der Waals surface area (Å²) in [5.41, 5.74) is 7.35. The first-order chi connectivity index (χ1) is 8.81. The number of hydrogen-bond donors (Lipinski definition) is 1. The molecule has 102 valence electrons. The second-order valence-electron chi connectivity index (χ2n) is 5.01. The SMILES string of the molecule is CCCc1nnsc1C(N)CCCC1CCCO1. The zero-order valence-electron chi connectivity index (χ0n) is 11.1. The molecular weight excluding hydrogens is 246 g/mol. The van der Waals surface area contributed by atoms with Crippen molar-refractivity contribution in [1.82, 2.24) is 9.59 Å². The van der Waals surface area contributed by atoms with Gasteiger partial charge in [-0.05, 0) is 50.1 Å². The summed E-state index contributed by atoms with van der Waals surface area (Å²) in [7, 11) is 0. The number of rotatable bonds is 7. The van der Waals surface area contributed by atoms with Crippen molar-refractivity contribution in [3.8, 4) is 0 Å². The van der Waals surface area contributed by atoms with E-state index in [1.54, 1.807) is 0 Å². The Hall–Kier alpha value is -0.520. The van der Waals surface area contributed by atoms with E-state index >= 15 is 0 Å². The van der Waals surface area contributed by atoms with E-state index < -0.39 is 0 Å². The van der Waals surface area contributed by atoms with Crippen LogP contribution in [0.4, 0.5) is 0 Å². The van der Waals surface area contributed by atoms with Gasteiger partial charge in [-0.3, -0.25) is 0 Å². The van der Waals surface area contributed by atoms with Gasteiger partial charge in [0.25, 0.3) is 0 Å². The number of aromatic nitrogens is 2. The number of ether oxygens (including phenoxy) is 1. The molecule has 2 N–H and O–H groups in total. The van der Waals surface area contributed by atoms with Crippen molar-refractivity contribution < 1.29 is 4.74 Å². The van der Waals surface area contributed by atoms with E-state index in [0.29, 0.717) is 6.10 Å². The van der Waals surface area contributed by atoms with Crippen LogP contribution in [0.25, 0.3) is 0 Å².